The number of carbonyl (C=O) groups excluding carboxylic acids is 2. The van der Waals surface area contributed by atoms with Crippen LogP contribution < -0.4 is 20.7 Å². The summed E-state index contributed by atoms with van der Waals surface area (Å²) in [6.45, 7) is 2.98. The molecule has 0 aromatic heterocycles. The molecule has 6 nitrogen and oxygen atoms in total. The number of hydrogen-bond donors (Lipinski definition) is 3. The minimum absolute atomic E-state index is 0.0402. The SMILES string of the molecule is CCCCOc1ccc(NCC(=O)Nc2ccc(NC(=O)CCc3ccccc3)cc2)cc1. The average Bonchev–Trinajstić information content (AvgIpc) is 2.84. The monoisotopic (exact) mass is 445 g/mol. The summed E-state index contributed by atoms with van der Waals surface area (Å²) < 4.78 is 5.64. The van der Waals surface area contributed by atoms with E-state index in [-0.39, 0.29) is 18.4 Å². The third-order valence-corrected chi connectivity index (χ3v) is 5.01. The van der Waals surface area contributed by atoms with Crippen molar-refractivity contribution in [2.75, 3.05) is 29.1 Å². The van der Waals surface area contributed by atoms with E-state index in [4.69, 9.17) is 4.74 Å². The lowest BCUT2D eigenvalue weighted by molar-refractivity contribution is -0.116. The molecular weight excluding hydrogens is 414 g/mol. The Kier molecular flexibility index (Phi) is 9.33. The van der Waals surface area contributed by atoms with Crippen molar-refractivity contribution in [3.8, 4) is 5.75 Å². The van der Waals surface area contributed by atoms with Gasteiger partial charge in [-0.1, -0.05) is 43.7 Å². The Morgan fingerprint density at radius 1 is 0.758 bits per heavy atom. The van der Waals surface area contributed by atoms with Gasteiger partial charge in [-0.25, -0.2) is 0 Å². The average molecular weight is 446 g/mol. The molecule has 0 unspecified atom stereocenters. The molecule has 0 heterocycles. The molecule has 0 aliphatic rings. The van der Waals surface area contributed by atoms with Crippen LogP contribution in [0.15, 0.2) is 78.9 Å². The number of benzene rings is 3. The quantitative estimate of drug-likeness (QED) is 0.322. The van der Waals surface area contributed by atoms with E-state index < -0.39 is 0 Å². The predicted octanol–water partition coefficient (Wildman–Crippen LogP) is 5.49. The zero-order chi connectivity index (χ0) is 23.3. The summed E-state index contributed by atoms with van der Waals surface area (Å²) >= 11 is 0. The summed E-state index contributed by atoms with van der Waals surface area (Å²) in [6.07, 6.45) is 3.24. The lowest BCUT2D eigenvalue weighted by Gasteiger charge is -2.10. The van der Waals surface area contributed by atoms with Gasteiger partial charge in [0.25, 0.3) is 0 Å². The first-order valence-corrected chi connectivity index (χ1v) is 11.3. The second kappa shape index (κ2) is 12.9. The van der Waals surface area contributed by atoms with Crippen molar-refractivity contribution in [2.24, 2.45) is 0 Å². The second-order valence-corrected chi connectivity index (χ2v) is 7.74. The van der Waals surface area contributed by atoms with E-state index in [9.17, 15) is 9.59 Å². The van der Waals surface area contributed by atoms with Crippen molar-refractivity contribution in [2.45, 2.75) is 32.6 Å². The van der Waals surface area contributed by atoms with Gasteiger partial charge >= 0.3 is 0 Å². The Labute approximate surface area is 195 Å². The van der Waals surface area contributed by atoms with Crippen LogP contribution in [0.25, 0.3) is 0 Å². The van der Waals surface area contributed by atoms with Gasteiger partial charge in [-0.3, -0.25) is 9.59 Å². The lowest BCUT2D eigenvalue weighted by atomic mass is 10.1. The van der Waals surface area contributed by atoms with Crippen molar-refractivity contribution >= 4 is 28.9 Å². The van der Waals surface area contributed by atoms with Crippen LogP contribution in [0, 0.1) is 0 Å². The molecule has 0 atom stereocenters. The third-order valence-electron chi connectivity index (χ3n) is 5.01. The molecule has 3 aromatic rings. The second-order valence-electron chi connectivity index (χ2n) is 7.74. The molecule has 0 aliphatic carbocycles. The maximum Gasteiger partial charge on any atom is 0.243 e. The fourth-order valence-corrected chi connectivity index (χ4v) is 3.15. The standard InChI is InChI=1S/C27H31N3O3/c1-2-3-19-33-25-16-14-22(15-17-25)28-20-27(32)30-24-12-10-23(11-13-24)29-26(31)18-9-21-7-5-4-6-8-21/h4-8,10-17,28H,2-3,9,18-20H2,1H3,(H,29,31)(H,30,32). The summed E-state index contributed by atoms with van der Waals surface area (Å²) in [5, 5.41) is 8.83. The van der Waals surface area contributed by atoms with Crippen LogP contribution in [0.3, 0.4) is 0 Å². The molecule has 2 amide bonds. The number of carbonyl (C=O) groups is 2. The Morgan fingerprint density at radius 3 is 2.00 bits per heavy atom. The molecule has 3 N–H and O–H groups in total. The van der Waals surface area contributed by atoms with Crippen LogP contribution in [0.1, 0.15) is 31.7 Å². The zero-order valence-corrected chi connectivity index (χ0v) is 19.0. The molecule has 0 aliphatic heterocycles. The maximum atomic E-state index is 12.2. The number of rotatable bonds is 12. The van der Waals surface area contributed by atoms with Gasteiger partial charge < -0.3 is 20.7 Å². The molecule has 0 bridgehead atoms. The van der Waals surface area contributed by atoms with Gasteiger partial charge in [-0.2, -0.15) is 0 Å². The minimum Gasteiger partial charge on any atom is -0.494 e. The van der Waals surface area contributed by atoms with Gasteiger partial charge in [-0.15, -0.1) is 0 Å². The highest BCUT2D eigenvalue weighted by atomic mass is 16.5. The van der Waals surface area contributed by atoms with Crippen LogP contribution >= 0.6 is 0 Å². The van der Waals surface area contributed by atoms with E-state index in [2.05, 4.69) is 22.9 Å². The van der Waals surface area contributed by atoms with Crippen molar-refractivity contribution < 1.29 is 14.3 Å². The summed E-state index contributed by atoms with van der Waals surface area (Å²) in [4.78, 5) is 24.4. The summed E-state index contributed by atoms with van der Waals surface area (Å²) in [7, 11) is 0. The van der Waals surface area contributed by atoms with Gasteiger partial charge in [0, 0.05) is 23.5 Å². The smallest absolute Gasteiger partial charge is 0.243 e. The molecule has 0 fully saturated rings. The van der Waals surface area contributed by atoms with Gasteiger partial charge in [0.15, 0.2) is 0 Å². The van der Waals surface area contributed by atoms with Crippen LogP contribution in [0.4, 0.5) is 17.1 Å². The highest BCUT2D eigenvalue weighted by molar-refractivity contribution is 5.94. The normalized spacial score (nSPS) is 10.3. The Hall–Kier alpha value is -3.80. The third kappa shape index (κ3) is 8.69. The molecule has 0 saturated heterocycles. The van der Waals surface area contributed by atoms with Gasteiger partial charge in [0.2, 0.25) is 11.8 Å². The first kappa shape index (κ1) is 23.9. The fraction of sp³-hybridized carbons (Fsp3) is 0.259. The summed E-state index contributed by atoms with van der Waals surface area (Å²) in [5.74, 6) is 0.630. The van der Waals surface area contributed by atoms with Gasteiger partial charge in [0.05, 0.1) is 13.2 Å². The molecule has 6 heteroatoms. The van der Waals surface area contributed by atoms with Crippen molar-refractivity contribution in [1.82, 2.24) is 0 Å². The van der Waals surface area contributed by atoms with E-state index >= 15 is 0 Å². The minimum atomic E-state index is -0.155. The number of unbranched alkanes of at least 4 members (excludes halogenated alkanes) is 1. The molecule has 3 aromatic carbocycles. The molecule has 0 spiro atoms. The van der Waals surface area contributed by atoms with E-state index in [0.717, 1.165) is 29.8 Å². The lowest BCUT2D eigenvalue weighted by Crippen LogP contribution is -2.21. The summed E-state index contributed by atoms with van der Waals surface area (Å²) in [6, 6.07) is 24.6. The summed E-state index contributed by atoms with van der Waals surface area (Å²) in [5.41, 5.74) is 3.35. The molecule has 0 radical (unpaired) electrons. The van der Waals surface area contributed by atoms with Crippen molar-refractivity contribution in [3.05, 3.63) is 84.4 Å². The molecule has 172 valence electrons. The predicted molar refractivity (Wildman–Crippen MR) is 134 cm³/mol. The Morgan fingerprint density at radius 2 is 1.36 bits per heavy atom. The Bertz CT molecular complexity index is 1000. The van der Waals surface area contributed by atoms with E-state index in [1.807, 2.05) is 54.6 Å². The number of amides is 2. The first-order valence-electron chi connectivity index (χ1n) is 11.3. The number of nitrogens with one attached hydrogen (secondary N) is 3. The molecule has 3 rings (SSSR count). The topological polar surface area (TPSA) is 79.5 Å². The molecule has 33 heavy (non-hydrogen) atoms. The van der Waals surface area contributed by atoms with Crippen molar-refractivity contribution in [1.29, 1.82) is 0 Å². The highest BCUT2D eigenvalue weighted by Gasteiger charge is 2.06. The highest BCUT2D eigenvalue weighted by Crippen LogP contribution is 2.17. The largest absolute Gasteiger partial charge is 0.494 e. The zero-order valence-electron chi connectivity index (χ0n) is 19.0. The van der Waals surface area contributed by atoms with Gasteiger partial charge in [0.1, 0.15) is 5.75 Å². The Balaban J connectivity index is 1.38. The van der Waals surface area contributed by atoms with Crippen LogP contribution in [-0.4, -0.2) is 25.0 Å². The van der Waals surface area contributed by atoms with Crippen LogP contribution in [0.2, 0.25) is 0 Å². The number of anilines is 3. The van der Waals surface area contributed by atoms with Crippen LogP contribution in [-0.2, 0) is 16.0 Å². The van der Waals surface area contributed by atoms with E-state index in [0.29, 0.717) is 30.8 Å². The first-order chi connectivity index (χ1) is 16.1. The molecule has 0 saturated carbocycles. The number of hydrogen-bond acceptors (Lipinski definition) is 4. The molecular formula is C27H31N3O3. The van der Waals surface area contributed by atoms with Crippen LogP contribution in [0.5, 0.6) is 5.75 Å². The van der Waals surface area contributed by atoms with Crippen molar-refractivity contribution in [3.63, 3.8) is 0 Å². The van der Waals surface area contributed by atoms with E-state index in [1.54, 1.807) is 24.3 Å². The number of ether oxygens (including phenoxy) is 1. The maximum absolute atomic E-state index is 12.2. The number of aryl methyl sites for hydroxylation is 1. The van der Waals surface area contributed by atoms with Gasteiger partial charge in [-0.05, 0) is 66.9 Å². The fourth-order valence-electron chi connectivity index (χ4n) is 3.15. The van der Waals surface area contributed by atoms with E-state index in [1.165, 1.54) is 0 Å².